The molecule has 162 valence electrons. The van der Waals surface area contributed by atoms with Crippen LogP contribution in [0.3, 0.4) is 0 Å². The van der Waals surface area contributed by atoms with Crippen molar-refractivity contribution in [2.75, 3.05) is 6.54 Å². The Morgan fingerprint density at radius 1 is 1.03 bits per heavy atom. The van der Waals surface area contributed by atoms with Crippen LogP contribution in [0.15, 0.2) is 83.9 Å². The zero-order chi connectivity index (χ0) is 22.5. The molecule has 0 saturated carbocycles. The number of carbonyl (C=O) groups excluding carboxylic acids is 1. The van der Waals surface area contributed by atoms with Gasteiger partial charge in [-0.3, -0.25) is 14.9 Å². The lowest BCUT2D eigenvalue weighted by molar-refractivity contribution is -0.384. The molecule has 8 heteroatoms. The van der Waals surface area contributed by atoms with Gasteiger partial charge >= 0.3 is 0 Å². The van der Waals surface area contributed by atoms with Gasteiger partial charge in [0.1, 0.15) is 5.82 Å². The Hall–Kier alpha value is -3.65. The Morgan fingerprint density at radius 3 is 2.50 bits per heavy atom. The van der Waals surface area contributed by atoms with Gasteiger partial charge in [0, 0.05) is 58.5 Å². The van der Waals surface area contributed by atoms with Crippen LogP contribution in [0.4, 0.5) is 10.1 Å². The van der Waals surface area contributed by atoms with Crippen LogP contribution in [0, 0.1) is 15.9 Å². The van der Waals surface area contributed by atoms with Crippen molar-refractivity contribution >= 4 is 34.3 Å². The molecular weight excluding hydrogens is 429 g/mol. The van der Waals surface area contributed by atoms with E-state index in [-0.39, 0.29) is 17.4 Å². The van der Waals surface area contributed by atoms with Gasteiger partial charge in [-0.1, -0.05) is 36.4 Å². The highest BCUT2D eigenvalue weighted by molar-refractivity contribution is 7.98. The van der Waals surface area contributed by atoms with Gasteiger partial charge in [-0.05, 0) is 29.8 Å². The Labute approximate surface area is 188 Å². The third kappa shape index (κ3) is 4.81. The number of amides is 1. The topological polar surface area (TPSA) is 77.2 Å². The SMILES string of the molecule is O=C(NCCn1cc(SCc2ccccc2F)c2ccccc21)c1ccc([N+](=O)[O-])cc1. The quantitative estimate of drug-likeness (QED) is 0.222. The number of hydrogen-bond acceptors (Lipinski definition) is 4. The fourth-order valence-corrected chi connectivity index (χ4v) is 4.49. The minimum absolute atomic E-state index is 0.0548. The van der Waals surface area contributed by atoms with E-state index >= 15 is 0 Å². The molecule has 32 heavy (non-hydrogen) atoms. The molecule has 0 aliphatic heterocycles. The number of carbonyl (C=O) groups is 1. The first-order valence-corrected chi connectivity index (χ1v) is 11.0. The maximum absolute atomic E-state index is 14.0. The minimum Gasteiger partial charge on any atom is -0.350 e. The number of nitrogens with one attached hydrogen (secondary N) is 1. The predicted octanol–water partition coefficient (Wildman–Crippen LogP) is 5.41. The number of para-hydroxylation sites is 1. The van der Waals surface area contributed by atoms with Crippen LogP contribution >= 0.6 is 11.8 Å². The second kappa shape index (κ2) is 9.65. The first kappa shape index (κ1) is 21.6. The van der Waals surface area contributed by atoms with Crippen LogP contribution in [-0.2, 0) is 12.3 Å². The van der Waals surface area contributed by atoms with E-state index in [0.29, 0.717) is 30.0 Å². The zero-order valence-corrected chi connectivity index (χ0v) is 17.8. The summed E-state index contributed by atoms with van der Waals surface area (Å²) in [6.45, 7) is 0.950. The van der Waals surface area contributed by atoms with Crippen LogP contribution in [0.5, 0.6) is 0 Å². The van der Waals surface area contributed by atoms with E-state index in [0.717, 1.165) is 15.8 Å². The van der Waals surface area contributed by atoms with Crippen molar-refractivity contribution in [2.45, 2.75) is 17.2 Å². The molecule has 1 N–H and O–H groups in total. The van der Waals surface area contributed by atoms with E-state index in [4.69, 9.17) is 0 Å². The Kier molecular flexibility index (Phi) is 6.51. The van der Waals surface area contributed by atoms with Gasteiger partial charge in [0.2, 0.25) is 0 Å². The molecule has 6 nitrogen and oxygen atoms in total. The fraction of sp³-hybridized carbons (Fsp3) is 0.125. The normalized spacial score (nSPS) is 10.9. The van der Waals surface area contributed by atoms with Gasteiger partial charge in [-0.25, -0.2) is 4.39 Å². The molecule has 0 saturated heterocycles. The number of aromatic nitrogens is 1. The molecule has 0 atom stereocenters. The molecule has 0 spiro atoms. The fourth-order valence-electron chi connectivity index (χ4n) is 3.41. The highest BCUT2D eigenvalue weighted by Gasteiger charge is 2.12. The molecule has 0 radical (unpaired) electrons. The van der Waals surface area contributed by atoms with Crippen LogP contribution in [0.2, 0.25) is 0 Å². The highest BCUT2D eigenvalue weighted by atomic mass is 32.2. The molecular formula is C24H20FN3O3S. The molecule has 0 fully saturated rings. The number of hydrogen-bond donors (Lipinski definition) is 1. The second-order valence-electron chi connectivity index (χ2n) is 7.14. The van der Waals surface area contributed by atoms with E-state index in [2.05, 4.69) is 9.88 Å². The first-order valence-electron chi connectivity index (χ1n) is 9.99. The van der Waals surface area contributed by atoms with Crippen molar-refractivity contribution in [1.29, 1.82) is 0 Å². The van der Waals surface area contributed by atoms with Crippen LogP contribution in [0.25, 0.3) is 10.9 Å². The van der Waals surface area contributed by atoms with Gasteiger partial charge in [0.25, 0.3) is 11.6 Å². The van der Waals surface area contributed by atoms with E-state index in [1.807, 2.05) is 36.5 Å². The zero-order valence-electron chi connectivity index (χ0n) is 17.0. The lowest BCUT2D eigenvalue weighted by Crippen LogP contribution is -2.27. The number of rotatable bonds is 8. The molecule has 0 unspecified atom stereocenters. The Bertz CT molecular complexity index is 1270. The predicted molar refractivity (Wildman–Crippen MR) is 123 cm³/mol. The monoisotopic (exact) mass is 449 g/mol. The van der Waals surface area contributed by atoms with Crippen LogP contribution in [-0.4, -0.2) is 21.9 Å². The average molecular weight is 450 g/mol. The largest absolute Gasteiger partial charge is 0.350 e. The summed E-state index contributed by atoms with van der Waals surface area (Å²) in [5.41, 5.74) is 2.01. The third-order valence-corrected chi connectivity index (χ3v) is 6.16. The number of halogens is 1. The van der Waals surface area contributed by atoms with Crippen molar-refractivity contribution in [3.8, 4) is 0 Å². The summed E-state index contributed by atoms with van der Waals surface area (Å²) in [5.74, 6) is 0.0283. The average Bonchev–Trinajstić information content (AvgIpc) is 3.16. The number of nitro benzene ring substituents is 1. The summed E-state index contributed by atoms with van der Waals surface area (Å²) in [6, 6.07) is 20.2. The highest BCUT2D eigenvalue weighted by Crippen LogP contribution is 2.32. The molecule has 4 rings (SSSR count). The van der Waals surface area contributed by atoms with E-state index in [9.17, 15) is 19.3 Å². The number of nitro groups is 1. The summed E-state index contributed by atoms with van der Waals surface area (Å²) in [4.78, 5) is 23.6. The Morgan fingerprint density at radius 2 is 1.75 bits per heavy atom. The van der Waals surface area contributed by atoms with E-state index in [1.54, 1.807) is 23.9 Å². The first-order chi connectivity index (χ1) is 15.5. The van der Waals surface area contributed by atoms with Crippen LogP contribution in [0.1, 0.15) is 15.9 Å². The molecule has 4 aromatic rings. The van der Waals surface area contributed by atoms with Crippen molar-refractivity contribution in [3.63, 3.8) is 0 Å². The number of non-ortho nitro benzene ring substituents is 1. The number of thioether (sulfide) groups is 1. The third-order valence-electron chi connectivity index (χ3n) is 5.07. The molecule has 1 amide bonds. The molecule has 1 aromatic heterocycles. The van der Waals surface area contributed by atoms with Gasteiger partial charge in [-0.2, -0.15) is 0 Å². The molecule has 1 heterocycles. The van der Waals surface area contributed by atoms with Crippen LogP contribution < -0.4 is 5.32 Å². The second-order valence-corrected chi connectivity index (χ2v) is 8.16. The van der Waals surface area contributed by atoms with Gasteiger partial charge in [0.05, 0.1) is 4.92 Å². The Balaban J connectivity index is 1.42. The lowest BCUT2D eigenvalue weighted by Gasteiger charge is -2.07. The van der Waals surface area contributed by atoms with Crippen molar-refractivity contribution < 1.29 is 14.1 Å². The minimum atomic E-state index is -0.499. The van der Waals surface area contributed by atoms with E-state index < -0.39 is 4.92 Å². The van der Waals surface area contributed by atoms with Gasteiger partial charge in [0.15, 0.2) is 0 Å². The molecule has 0 bridgehead atoms. The summed E-state index contributed by atoms with van der Waals surface area (Å²) >= 11 is 1.58. The lowest BCUT2D eigenvalue weighted by atomic mass is 10.2. The number of fused-ring (bicyclic) bond motifs is 1. The summed E-state index contributed by atoms with van der Waals surface area (Å²) in [6.07, 6.45) is 2.02. The van der Waals surface area contributed by atoms with Crippen molar-refractivity contribution in [1.82, 2.24) is 9.88 Å². The van der Waals surface area contributed by atoms with Gasteiger partial charge < -0.3 is 9.88 Å². The maximum atomic E-state index is 14.0. The van der Waals surface area contributed by atoms with Gasteiger partial charge in [-0.15, -0.1) is 11.8 Å². The standard InChI is InChI=1S/C24H20FN3O3S/c25-21-7-3-1-5-18(21)16-32-23-15-27(22-8-4-2-6-20(22)23)14-13-26-24(29)17-9-11-19(12-10-17)28(30)31/h1-12,15H,13-14,16H2,(H,26,29). The number of benzene rings is 3. The molecule has 0 aliphatic rings. The van der Waals surface area contributed by atoms with Crippen molar-refractivity contribution in [2.24, 2.45) is 0 Å². The summed E-state index contributed by atoms with van der Waals surface area (Å²) in [5, 5.41) is 14.7. The maximum Gasteiger partial charge on any atom is 0.269 e. The van der Waals surface area contributed by atoms with E-state index in [1.165, 1.54) is 30.3 Å². The number of nitrogens with zero attached hydrogens (tertiary/aromatic N) is 2. The summed E-state index contributed by atoms with van der Waals surface area (Å²) in [7, 11) is 0. The summed E-state index contributed by atoms with van der Waals surface area (Å²) < 4.78 is 16.0. The smallest absolute Gasteiger partial charge is 0.269 e. The molecule has 3 aromatic carbocycles. The van der Waals surface area contributed by atoms with Crippen molar-refractivity contribution in [3.05, 3.63) is 106 Å². The molecule has 0 aliphatic carbocycles.